The lowest BCUT2D eigenvalue weighted by Crippen LogP contribution is -2.85. The first-order chi connectivity index (χ1) is 18.7. The second-order valence-electron chi connectivity index (χ2n) is 5.52. The number of nitrogens with zero attached hydrogens (tertiary/aromatic N) is 27. The second kappa shape index (κ2) is 11.8. The van der Waals surface area contributed by atoms with Crippen molar-refractivity contribution >= 4 is 5.97 Å². The van der Waals surface area contributed by atoms with Gasteiger partial charge in [0, 0.05) is 44.2 Å². The first-order valence-corrected chi connectivity index (χ1v) is 8.19. The Hall–Kier alpha value is -7.38. The van der Waals surface area contributed by atoms with Gasteiger partial charge in [-0.1, -0.05) is 0 Å². The van der Waals surface area contributed by atoms with Gasteiger partial charge in [0.05, 0.1) is 0 Å². The maximum Gasteiger partial charge on any atom is 0.363 e. The molecule has 39 heavy (non-hydrogen) atoms. The Kier molecular flexibility index (Phi) is 9.01. The minimum Gasteiger partial charge on any atom is -0.441 e. The Morgan fingerprint density at radius 3 is 1.49 bits per heavy atom. The summed E-state index contributed by atoms with van der Waals surface area (Å²) in [6.07, 6.45) is 0. The number of esters is 1. The summed E-state index contributed by atoms with van der Waals surface area (Å²) in [5.74, 6) is -6.73. The molecule has 0 unspecified atom stereocenters. The SMILES string of the molecule is [N-]=[N+]=NO[C@@]1(N=[N+]=[N-])[C@](N=[N+]=[N-])(ON=[N+]=[N-])[C@@](N=[N+]=[N-])(C(O)(N=[N+]=[N-])N=[N+]=[N-])OC(=O)[C@]1(N=[N+]=[N-])ON=[N+]=[N-]. The Morgan fingerprint density at radius 1 is 0.615 bits per heavy atom. The molecule has 0 aromatic carbocycles. The number of hydrogen-bond acceptors (Lipinski definition) is 15. The molecule has 1 fully saturated rings. The van der Waals surface area contributed by atoms with Gasteiger partial charge in [-0.15, -0.1) is 0 Å². The number of ether oxygens (including phenoxy) is 1. The van der Waals surface area contributed by atoms with Crippen LogP contribution in [0.15, 0.2) is 46.5 Å². The van der Waals surface area contributed by atoms with Crippen LogP contribution in [0.25, 0.3) is 94.0 Å². The normalized spacial score (nSPS) is 27.5. The first-order valence-electron chi connectivity index (χ1n) is 8.19. The Morgan fingerprint density at radius 2 is 1.05 bits per heavy atom. The minimum absolute atomic E-state index is 2.06. The van der Waals surface area contributed by atoms with Crippen LogP contribution in [0.4, 0.5) is 0 Å². The third kappa shape index (κ3) is 4.06. The summed E-state index contributed by atoms with van der Waals surface area (Å²) in [7, 11) is 0. The standard InChI is InChI=1S/C6HN27O6/c7-22-16-2(37-31-28-13)1(34)36-5(19-25-10,6(35,20-26-11)21-27-12)4(18-24-9,39-33-30-15)3(2,17-23-8)38-32-29-14/h35H/t2-,3+,4-,5-/m0/s1. The van der Waals surface area contributed by atoms with Crippen LogP contribution in [0, 0.1) is 0 Å². The lowest BCUT2D eigenvalue weighted by atomic mass is 9.76. The van der Waals surface area contributed by atoms with E-state index in [4.69, 9.17) is 37.9 Å². The van der Waals surface area contributed by atoms with Crippen LogP contribution in [0.1, 0.15) is 0 Å². The summed E-state index contributed by atoms with van der Waals surface area (Å²) in [6.45, 7) is 0. The van der Waals surface area contributed by atoms with Crippen molar-refractivity contribution in [3.05, 3.63) is 94.0 Å². The molecule has 1 N–H and O–H groups in total. The predicted octanol–water partition coefficient (Wildman–Crippen LogP) is 4.56. The van der Waals surface area contributed by atoms with Gasteiger partial charge in [0.25, 0.3) is 17.3 Å². The summed E-state index contributed by atoms with van der Waals surface area (Å²) >= 11 is 0. The zero-order chi connectivity index (χ0) is 29.6. The summed E-state index contributed by atoms with van der Waals surface area (Å²) in [5.41, 5.74) is 64.1. The molecule has 0 aliphatic carbocycles. The molecule has 0 amide bonds. The molecule has 0 spiro atoms. The monoisotopic (exact) mass is 547 g/mol. The number of carbonyl (C=O) groups excluding carboxylic acids is 1. The average Bonchev–Trinajstić information content (AvgIpc) is 2.90. The molecule has 1 heterocycles. The molecule has 196 valence electrons. The van der Waals surface area contributed by atoms with E-state index in [0.717, 1.165) is 0 Å². The highest BCUT2D eigenvalue weighted by atomic mass is 16.8. The van der Waals surface area contributed by atoms with Gasteiger partial charge in [0.2, 0.25) is 0 Å². The van der Waals surface area contributed by atoms with Gasteiger partial charge >= 0.3 is 17.4 Å². The zero-order valence-corrected chi connectivity index (χ0v) is 17.6. The number of aliphatic hydroxyl groups is 1. The molecule has 1 aliphatic heterocycles. The van der Waals surface area contributed by atoms with Crippen LogP contribution in [0.5, 0.6) is 0 Å². The highest BCUT2D eigenvalue weighted by Crippen LogP contribution is 2.60. The zero-order valence-electron chi connectivity index (χ0n) is 17.6. The van der Waals surface area contributed by atoms with E-state index in [0.29, 0.717) is 0 Å². The summed E-state index contributed by atoms with van der Waals surface area (Å²) in [5, 5.41) is 34.9. The molecule has 1 rings (SSSR count). The summed E-state index contributed by atoms with van der Waals surface area (Å²) in [4.78, 5) is 46.0. The van der Waals surface area contributed by atoms with Crippen LogP contribution in [0.2, 0.25) is 0 Å². The molecule has 0 aromatic heterocycles. The largest absolute Gasteiger partial charge is 0.441 e. The van der Waals surface area contributed by atoms with Crippen molar-refractivity contribution in [2.24, 2.45) is 46.5 Å². The fraction of sp³-hybridized carbons (Fsp3) is 0.833. The van der Waals surface area contributed by atoms with Gasteiger partial charge in [-0.05, 0) is 80.5 Å². The van der Waals surface area contributed by atoms with E-state index in [1.165, 1.54) is 0 Å². The van der Waals surface area contributed by atoms with E-state index in [2.05, 4.69) is 105 Å². The lowest BCUT2D eigenvalue weighted by molar-refractivity contribution is -0.385. The van der Waals surface area contributed by atoms with Crippen molar-refractivity contribution in [3.8, 4) is 0 Å². The van der Waals surface area contributed by atoms with E-state index in [-0.39, 0.29) is 0 Å². The van der Waals surface area contributed by atoms with E-state index in [1.54, 1.807) is 0 Å². The van der Waals surface area contributed by atoms with Crippen LogP contribution in [-0.4, -0.2) is 39.8 Å². The minimum atomic E-state index is -4.38. The van der Waals surface area contributed by atoms with Crippen LogP contribution in [0.3, 0.4) is 0 Å². The van der Waals surface area contributed by atoms with Gasteiger partial charge in [0.1, 0.15) is 15.8 Å². The van der Waals surface area contributed by atoms with Gasteiger partial charge in [-0.3, -0.25) is 0 Å². The molecule has 0 saturated carbocycles. The van der Waals surface area contributed by atoms with E-state index < -0.39 is 34.7 Å². The quantitative estimate of drug-likeness (QED) is 0.113. The van der Waals surface area contributed by atoms with Gasteiger partial charge in [-0.2, -0.15) is 0 Å². The topological polar surface area (TPSA) is 513 Å². The van der Waals surface area contributed by atoms with E-state index >= 15 is 0 Å². The lowest BCUT2D eigenvalue weighted by Gasteiger charge is -2.58. The molecule has 33 nitrogen and oxygen atoms in total. The van der Waals surface area contributed by atoms with Crippen LogP contribution < -0.4 is 0 Å². The van der Waals surface area contributed by atoms with E-state index in [1.807, 2.05) is 0 Å². The Bertz CT molecular complexity index is 1460. The smallest absolute Gasteiger partial charge is 0.363 e. The summed E-state index contributed by atoms with van der Waals surface area (Å²) in [6, 6.07) is 0. The van der Waals surface area contributed by atoms with Crippen molar-refractivity contribution in [1.29, 1.82) is 0 Å². The Balaban J connectivity index is 5.05. The first kappa shape index (κ1) is 29.7. The maximum absolute atomic E-state index is 13.3. The van der Waals surface area contributed by atoms with Crippen molar-refractivity contribution in [2.45, 2.75) is 28.7 Å². The molecule has 0 radical (unpaired) electrons. The highest BCUT2D eigenvalue weighted by molar-refractivity contribution is 5.84. The van der Waals surface area contributed by atoms with Crippen LogP contribution in [-0.2, 0) is 24.0 Å². The fourth-order valence-corrected chi connectivity index (χ4v) is 2.87. The molecule has 0 bridgehead atoms. The molecule has 0 aromatic rings. The fourth-order valence-electron chi connectivity index (χ4n) is 2.87. The van der Waals surface area contributed by atoms with Crippen molar-refractivity contribution in [2.75, 3.05) is 0 Å². The summed E-state index contributed by atoms with van der Waals surface area (Å²) < 4.78 is 4.71. The van der Waals surface area contributed by atoms with Crippen molar-refractivity contribution in [3.63, 3.8) is 0 Å². The van der Waals surface area contributed by atoms with Crippen molar-refractivity contribution in [1.82, 2.24) is 0 Å². The predicted molar refractivity (Wildman–Crippen MR) is 108 cm³/mol. The number of cyclic esters (lactones) is 1. The van der Waals surface area contributed by atoms with Gasteiger partial charge in [0.15, 0.2) is 0 Å². The van der Waals surface area contributed by atoms with Gasteiger partial charge < -0.3 is 24.4 Å². The van der Waals surface area contributed by atoms with Crippen molar-refractivity contribution < 1.29 is 29.2 Å². The number of rotatable bonds is 13. The molecule has 1 saturated heterocycles. The molecule has 4 atom stereocenters. The van der Waals surface area contributed by atoms with Crippen LogP contribution >= 0.6 is 0 Å². The highest BCUT2D eigenvalue weighted by Gasteiger charge is 2.89. The number of hydrogen-bond donors (Lipinski definition) is 1. The number of azide groups is 8. The maximum atomic E-state index is 13.3. The second-order valence-corrected chi connectivity index (χ2v) is 5.52. The molecule has 33 heteroatoms. The third-order valence-electron chi connectivity index (χ3n) is 4.09. The van der Waals surface area contributed by atoms with E-state index in [9.17, 15) is 26.5 Å². The number of carbonyl (C=O) groups is 1. The van der Waals surface area contributed by atoms with Gasteiger partial charge in [-0.25, -0.2) is 4.79 Å². The third-order valence-corrected chi connectivity index (χ3v) is 4.09. The Labute approximate surface area is 205 Å². The molecular formula is C6HN27O6. The molecule has 1 aliphatic rings. The average molecular weight is 547 g/mol. The molecular weight excluding hydrogens is 546 g/mol.